The molecule has 3 rings (SSSR count). The van der Waals surface area contributed by atoms with Crippen molar-refractivity contribution in [2.24, 2.45) is 0 Å². The van der Waals surface area contributed by atoms with Crippen LogP contribution < -0.4 is 4.90 Å². The van der Waals surface area contributed by atoms with E-state index in [9.17, 15) is 16.8 Å². The Balaban J connectivity index is 1.69. The quantitative estimate of drug-likeness (QED) is 0.759. The van der Waals surface area contributed by atoms with Crippen molar-refractivity contribution in [3.63, 3.8) is 0 Å². The van der Waals surface area contributed by atoms with Crippen molar-refractivity contribution in [1.82, 2.24) is 4.31 Å². The summed E-state index contributed by atoms with van der Waals surface area (Å²) >= 11 is 0. The highest BCUT2D eigenvalue weighted by Crippen LogP contribution is 2.23. The summed E-state index contributed by atoms with van der Waals surface area (Å²) in [5.41, 5.74) is 1.92. The summed E-state index contributed by atoms with van der Waals surface area (Å²) in [7, 11) is -6.70. The van der Waals surface area contributed by atoms with Crippen LogP contribution in [-0.2, 0) is 19.9 Å². The first-order chi connectivity index (χ1) is 12.7. The van der Waals surface area contributed by atoms with E-state index in [1.165, 1.54) is 4.31 Å². The fraction of sp³-hybridized carbons (Fsp3) is 0.368. The van der Waals surface area contributed by atoms with Gasteiger partial charge < -0.3 is 4.90 Å². The van der Waals surface area contributed by atoms with Crippen LogP contribution in [0, 0.1) is 6.92 Å². The first-order valence-electron chi connectivity index (χ1n) is 8.88. The second kappa shape index (κ2) is 7.61. The Morgan fingerprint density at radius 2 is 1.30 bits per heavy atom. The third-order valence-corrected chi connectivity index (χ3v) is 8.50. The third kappa shape index (κ3) is 4.17. The Labute approximate surface area is 161 Å². The molecule has 1 saturated heterocycles. The number of piperazine rings is 1. The van der Waals surface area contributed by atoms with Gasteiger partial charge in [-0.3, -0.25) is 0 Å². The van der Waals surface area contributed by atoms with Crippen molar-refractivity contribution in [2.45, 2.75) is 23.6 Å². The zero-order chi connectivity index (χ0) is 19.7. The molecule has 0 spiro atoms. The molecule has 146 valence electrons. The van der Waals surface area contributed by atoms with Crippen LogP contribution >= 0.6 is 0 Å². The van der Waals surface area contributed by atoms with Crippen LogP contribution in [0.4, 0.5) is 5.69 Å². The molecule has 1 heterocycles. The normalized spacial score (nSPS) is 16.4. The zero-order valence-electron chi connectivity index (χ0n) is 15.5. The SMILES string of the molecule is CCS(=O)(=O)c1ccc(N2CCN(S(=O)(=O)c3ccc(C)cc3)CC2)cc1. The van der Waals surface area contributed by atoms with Crippen LogP contribution in [0.1, 0.15) is 12.5 Å². The molecule has 1 aliphatic heterocycles. The molecular formula is C19H24N2O4S2. The van der Waals surface area contributed by atoms with Gasteiger partial charge in [-0.25, -0.2) is 16.8 Å². The van der Waals surface area contributed by atoms with Gasteiger partial charge in [-0.2, -0.15) is 4.31 Å². The molecule has 0 unspecified atom stereocenters. The van der Waals surface area contributed by atoms with E-state index < -0.39 is 19.9 Å². The molecule has 2 aromatic carbocycles. The van der Waals surface area contributed by atoms with E-state index >= 15 is 0 Å². The average molecular weight is 409 g/mol. The molecular weight excluding hydrogens is 384 g/mol. The van der Waals surface area contributed by atoms with Crippen molar-refractivity contribution in [2.75, 3.05) is 36.8 Å². The largest absolute Gasteiger partial charge is 0.369 e. The maximum Gasteiger partial charge on any atom is 0.243 e. The number of benzene rings is 2. The van der Waals surface area contributed by atoms with Crippen LogP contribution in [0.5, 0.6) is 0 Å². The summed E-state index contributed by atoms with van der Waals surface area (Å²) in [4.78, 5) is 2.70. The summed E-state index contributed by atoms with van der Waals surface area (Å²) in [5.74, 6) is 0.0713. The molecule has 0 N–H and O–H groups in total. The lowest BCUT2D eigenvalue weighted by Gasteiger charge is -2.35. The highest BCUT2D eigenvalue weighted by atomic mass is 32.2. The van der Waals surface area contributed by atoms with Crippen molar-refractivity contribution in [3.05, 3.63) is 54.1 Å². The topological polar surface area (TPSA) is 74.8 Å². The standard InChI is InChI=1S/C19H24N2O4S2/c1-3-26(22,23)18-10-6-17(7-11-18)20-12-14-21(15-13-20)27(24,25)19-8-4-16(2)5-9-19/h4-11H,3,12-15H2,1-2H3. The molecule has 0 atom stereocenters. The van der Waals surface area contributed by atoms with E-state index in [2.05, 4.69) is 4.90 Å². The molecule has 27 heavy (non-hydrogen) atoms. The van der Waals surface area contributed by atoms with Crippen LogP contribution in [0.25, 0.3) is 0 Å². The zero-order valence-corrected chi connectivity index (χ0v) is 17.1. The number of anilines is 1. The number of hydrogen-bond acceptors (Lipinski definition) is 5. The fourth-order valence-corrected chi connectivity index (χ4v) is 5.38. The monoisotopic (exact) mass is 408 g/mol. The third-order valence-electron chi connectivity index (χ3n) is 4.84. The van der Waals surface area contributed by atoms with Gasteiger partial charge in [-0.1, -0.05) is 24.6 Å². The minimum atomic E-state index is -3.49. The van der Waals surface area contributed by atoms with E-state index in [-0.39, 0.29) is 5.75 Å². The Kier molecular flexibility index (Phi) is 5.60. The molecule has 0 aromatic heterocycles. The Morgan fingerprint density at radius 3 is 1.81 bits per heavy atom. The Hall–Kier alpha value is -1.90. The Morgan fingerprint density at radius 1 is 0.778 bits per heavy atom. The minimum Gasteiger partial charge on any atom is -0.369 e. The smallest absolute Gasteiger partial charge is 0.243 e. The number of hydrogen-bond donors (Lipinski definition) is 0. The molecule has 6 nitrogen and oxygen atoms in total. The lowest BCUT2D eigenvalue weighted by molar-refractivity contribution is 0.385. The first kappa shape index (κ1) is 19.9. The lowest BCUT2D eigenvalue weighted by atomic mass is 10.2. The van der Waals surface area contributed by atoms with Gasteiger partial charge in [0.2, 0.25) is 10.0 Å². The highest BCUT2D eigenvalue weighted by molar-refractivity contribution is 7.91. The predicted molar refractivity (Wildman–Crippen MR) is 106 cm³/mol. The molecule has 0 radical (unpaired) electrons. The number of sulfonamides is 1. The summed E-state index contributed by atoms with van der Waals surface area (Å²) < 4.78 is 50.9. The molecule has 0 amide bonds. The van der Waals surface area contributed by atoms with Crippen molar-refractivity contribution < 1.29 is 16.8 Å². The second-order valence-electron chi connectivity index (χ2n) is 6.60. The number of nitrogens with zero attached hydrogens (tertiary/aromatic N) is 2. The molecule has 0 bridgehead atoms. The van der Waals surface area contributed by atoms with E-state index in [1.807, 2.05) is 6.92 Å². The fourth-order valence-electron chi connectivity index (χ4n) is 3.08. The summed E-state index contributed by atoms with van der Waals surface area (Å²) in [5, 5.41) is 0. The van der Waals surface area contributed by atoms with Crippen LogP contribution in [0.3, 0.4) is 0 Å². The van der Waals surface area contributed by atoms with E-state index in [0.29, 0.717) is 36.0 Å². The number of rotatable bonds is 5. The summed E-state index contributed by atoms with van der Waals surface area (Å²) in [6.07, 6.45) is 0. The number of sulfone groups is 1. The second-order valence-corrected chi connectivity index (χ2v) is 10.8. The van der Waals surface area contributed by atoms with E-state index in [4.69, 9.17) is 0 Å². The van der Waals surface area contributed by atoms with Gasteiger partial charge in [0.1, 0.15) is 0 Å². The van der Waals surface area contributed by atoms with Crippen LogP contribution in [0.15, 0.2) is 58.3 Å². The average Bonchev–Trinajstić information content (AvgIpc) is 2.68. The van der Waals surface area contributed by atoms with Crippen molar-refractivity contribution in [3.8, 4) is 0 Å². The van der Waals surface area contributed by atoms with Gasteiger partial charge in [0.05, 0.1) is 15.5 Å². The minimum absolute atomic E-state index is 0.0713. The van der Waals surface area contributed by atoms with Crippen molar-refractivity contribution >= 4 is 25.5 Å². The summed E-state index contributed by atoms with van der Waals surface area (Å²) in [6, 6.07) is 13.7. The number of aryl methyl sites for hydroxylation is 1. The van der Waals surface area contributed by atoms with Gasteiger partial charge in [-0.05, 0) is 43.3 Å². The van der Waals surface area contributed by atoms with E-state index in [1.54, 1.807) is 55.5 Å². The molecule has 1 aliphatic rings. The highest BCUT2D eigenvalue weighted by Gasteiger charge is 2.28. The molecule has 1 fully saturated rings. The lowest BCUT2D eigenvalue weighted by Crippen LogP contribution is -2.48. The van der Waals surface area contributed by atoms with Gasteiger partial charge in [-0.15, -0.1) is 0 Å². The van der Waals surface area contributed by atoms with Crippen LogP contribution in [0.2, 0.25) is 0 Å². The van der Waals surface area contributed by atoms with Gasteiger partial charge in [0.25, 0.3) is 0 Å². The van der Waals surface area contributed by atoms with Gasteiger partial charge >= 0.3 is 0 Å². The Bertz CT molecular complexity index is 991. The predicted octanol–water partition coefficient (Wildman–Crippen LogP) is 2.30. The van der Waals surface area contributed by atoms with E-state index in [0.717, 1.165) is 11.3 Å². The van der Waals surface area contributed by atoms with Gasteiger partial charge in [0, 0.05) is 31.9 Å². The first-order valence-corrected chi connectivity index (χ1v) is 12.0. The van der Waals surface area contributed by atoms with Crippen LogP contribution in [-0.4, -0.2) is 53.1 Å². The van der Waals surface area contributed by atoms with Gasteiger partial charge in [0.15, 0.2) is 9.84 Å². The summed E-state index contributed by atoms with van der Waals surface area (Å²) in [6.45, 7) is 5.45. The maximum atomic E-state index is 12.8. The maximum absolute atomic E-state index is 12.8. The van der Waals surface area contributed by atoms with Crippen molar-refractivity contribution in [1.29, 1.82) is 0 Å². The molecule has 8 heteroatoms. The molecule has 0 aliphatic carbocycles. The molecule has 0 saturated carbocycles. The molecule has 2 aromatic rings.